The Balaban J connectivity index is -0.0000000150. The first-order chi connectivity index (χ1) is 1.73. The maximum Gasteiger partial charge on any atom is 3.00 e. The van der Waals surface area contributed by atoms with Gasteiger partial charge in [-0.05, 0) is 0 Å². The Morgan fingerprint density at radius 3 is 1.00 bits per heavy atom. The molecule has 0 aromatic carbocycles. The predicted octanol–water partition coefficient (Wildman–Crippen LogP) is -4.45. The average Bonchev–Trinajstić information content (AvgIpc) is 0.811. The Morgan fingerprint density at radius 1 is 1.00 bits per heavy atom. The van der Waals surface area contributed by atoms with E-state index in [1.165, 1.54) is 0 Å². The molecular weight excluding hydrogens is 204 g/mol. The standard InChI is InChI=1S/BO3.Ca.O.Y/c2-1(3)4;;;/q-3;2*+2;+3. The van der Waals surface area contributed by atoms with Crippen LogP contribution in [0.15, 0.2) is 0 Å². The fraction of sp³-hybridized carbons (Fsp3) is 0. The maximum absolute atomic E-state index is 8.42. The van der Waals surface area contributed by atoms with Gasteiger partial charge in [-0.15, -0.1) is 0 Å². The molecule has 0 aliphatic heterocycles. The van der Waals surface area contributed by atoms with Crippen molar-refractivity contribution in [3.8, 4) is 0 Å². The van der Waals surface area contributed by atoms with E-state index < -0.39 is 7.32 Å². The van der Waals surface area contributed by atoms with Crippen LogP contribution in [0.4, 0.5) is 0 Å². The molecule has 7 heavy (non-hydrogen) atoms. The van der Waals surface area contributed by atoms with E-state index in [-0.39, 0.29) is 75.9 Å². The van der Waals surface area contributed by atoms with Crippen LogP contribution in [0.5, 0.6) is 0 Å². The Bertz CT molecular complexity index is 16.4. The minimum atomic E-state index is -2.92. The zero-order valence-electron chi connectivity index (χ0n) is 3.49. The van der Waals surface area contributed by atoms with Gasteiger partial charge in [0, 0.05) is 0 Å². The van der Waals surface area contributed by atoms with Gasteiger partial charge in [-0.1, -0.05) is 0 Å². The van der Waals surface area contributed by atoms with E-state index in [2.05, 4.69) is 0 Å². The molecule has 0 atom stereocenters. The van der Waals surface area contributed by atoms with Crippen LogP contribution in [0.3, 0.4) is 0 Å². The third-order valence-corrected chi connectivity index (χ3v) is 0. The van der Waals surface area contributed by atoms with E-state index in [9.17, 15) is 0 Å². The Hall–Kier alpha value is 2.27. The van der Waals surface area contributed by atoms with Crippen LogP contribution < -0.4 is 15.1 Å². The van der Waals surface area contributed by atoms with Gasteiger partial charge in [0.05, 0.1) is 0 Å². The van der Waals surface area contributed by atoms with E-state index in [1.807, 2.05) is 0 Å². The van der Waals surface area contributed by atoms with Gasteiger partial charge >= 0.3 is 75.9 Å². The van der Waals surface area contributed by atoms with E-state index in [4.69, 9.17) is 15.1 Å². The molecule has 0 heterocycles. The first-order valence-electron chi connectivity index (χ1n) is 0.707. The van der Waals surface area contributed by atoms with Crippen molar-refractivity contribution in [2.75, 3.05) is 0 Å². The Morgan fingerprint density at radius 2 is 1.00 bits per heavy atom. The summed E-state index contributed by atoms with van der Waals surface area (Å²) in [6, 6.07) is 0. The molecule has 0 aliphatic carbocycles. The molecule has 0 saturated carbocycles. The van der Waals surface area contributed by atoms with Crippen molar-refractivity contribution < 1.29 is 53.3 Å². The van der Waals surface area contributed by atoms with Crippen LogP contribution in [-0.4, -0.2) is 45.1 Å². The quantitative estimate of drug-likeness (QED) is 0.372. The zero-order valence-corrected chi connectivity index (χ0v) is 8.54. The molecule has 7 heteroatoms. The molecule has 4 radical (unpaired) electrons. The fourth-order valence-electron chi connectivity index (χ4n) is 0. The van der Waals surface area contributed by atoms with Gasteiger partial charge in [0.2, 0.25) is 0 Å². The monoisotopic (exact) mass is 204 g/mol. The van der Waals surface area contributed by atoms with E-state index in [0.717, 1.165) is 0 Å². The van der Waals surface area contributed by atoms with Crippen LogP contribution in [0.2, 0.25) is 0 Å². The van der Waals surface area contributed by atoms with Gasteiger partial charge in [0.15, 0.2) is 0 Å². The summed E-state index contributed by atoms with van der Waals surface area (Å²) >= 11 is 0. The first-order valence-corrected chi connectivity index (χ1v) is 0.707. The fourth-order valence-corrected chi connectivity index (χ4v) is 0. The summed E-state index contributed by atoms with van der Waals surface area (Å²) in [5.74, 6) is 0. The molecule has 28 valence electrons. The molecule has 0 unspecified atom stereocenters. The minimum absolute atomic E-state index is 0. The van der Waals surface area contributed by atoms with Crippen molar-refractivity contribution in [2.45, 2.75) is 0 Å². The van der Waals surface area contributed by atoms with Crippen LogP contribution in [0.1, 0.15) is 0 Å². The molecule has 0 aromatic heterocycles. The molecule has 0 saturated heterocycles. The Kier molecular flexibility index (Phi) is 51.3. The predicted molar refractivity (Wildman–Crippen MR) is 12.2 cm³/mol. The summed E-state index contributed by atoms with van der Waals surface area (Å²) in [6.07, 6.45) is 0. The summed E-state index contributed by atoms with van der Waals surface area (Å²) in [5.41, 5.74) is 0. The molecule has 0 bridgehead atoms. The van der Waals surface area contributed by atoms with Gasteiger partial charge in [-0.2, -0.15) is 0 Å². The van der Waals surface area contributed by atoms with Crippen LogP contribution in [-0.2, 0) is 38.2 Å². The summed E-state index contributed by atoms with van der Waals surface area (Å²) < 4.78 is 0. The van der Waals surface area contributed by atoms with Gasteiger partial charge in [-0.25, -0.2) is 0 Å². The molecule has 0 N–H and O–H groups in total. The Labute approximate surface area is 96.7 Å². The first kappa shape index (κ1) is 22.8. The average molecular weight is 204 g/mol. The zero-order chi connectivity index (χ0) is 3.58. The van der Waals surface area contributed by atoms with Gasteiger partial charge < -0.3 is 15.1 Å². The third kappa shape index (κ3) is 63.1. The van der Waals surface area contributed by atoms with Crippen molar-refractivity contribution in [1.82, 2.24) is 0 Å². The smallest absolute Gasteiger partial charge is 0.907 e. The largest absolute Gasteiger partial charge is 3.00 e. The molecule has 0 spiro atoms. The molecular formula is BCaO4Y+4. The van der Waals surface area contributed by atoms with Crippen molar-refractivity contribution in [3.63, 3.8) is 0 Å². The summed E-state index contributed by atoms with van der Waals surface area (Å²) in [5, 5.41) is 25.2. The molecule has 0 rings (SSSR count). The van der Waals surface area contributed by atoms with Crippen molar-refractivity contribution in [3.05, 3.63) is 0 Å². The maximum atomic E-state index is 8.42. The van der Waals surface area contributed by atoms with Gasteiger partial charge in [-0.3, -0.25) is 7.32 Å². The molecule has 0 aromatic rings. The summed E-state index contributed by atoms with van der Waals surface area (Å²) in [4.78, 5) is 0. The van der Waals surface area contributed by atoms with Crippen molar-refractivity contribution >= 4 is 45.1 Å². The second-order valence-electron chi connectivity index (χ2n) is 0.289. The van der Waals surface area contributed by atoms with Crippen LogP contribution >= 0.6 is 0 Å². The van der Waals surface area contributed by atoms with E-state index in [0.29, 0.717) is 0 Å². The van der Waals surface area contributed by atoms with Gasteiger partial charge in [0.25, 0.3) is 0 Å². The summed E-state index contributed by atoms with van der Waals surface area (Å²) in [7, 11) is -2.92. The molecule has 0 amide bonds. The molecule has 0 fully saturated rings. The number of rotatable bonds is 0. The van der Waals surface area contributed by atoms with Crippen molar-refractivity contribution in [1.29, 1.82) is 0 Å². The van der Waals surface area contributed by atoms with E-state index >= 15 is 0 Å². The van der Waals surface area contributed by atoms with Crippen molar-refractivity contribution in [2.24, 2.45) is 0 Å². The number of hydrogen-bond donors (Lipinski definition) is 0. The van der Waals surface area contributed by atoms with E-state index in [1.54, 1.807) is 0 Å². The second-order valence-corrected chi connectivity index (χ2v) is 0.289. The normalized spacial score (nSPS) is 3.86. The third-order valence-electron chi connectivity index (χ3n) is 0. The summed E-state index contributed by atoms with van der Waals surface area (Å²) in [6.45, 7) is 0. The minimum Gasteiger partial charge on any atom is -0.907 e. The van der Waals surface area contributed by atoms with Crippen LogP contribution in [0.25, 0.3) is 0 Å². The second kappa shape index (κ2) is 15.7. The van der Waals surface area contributed by atoms with Gasteiger partial charge in [0.1, 0.15) is 0 Å². The van der Waals surface area contributed by atoms with Crippen LogP contribution in [0, 0.1) is 0 Å². The SMILES string of the molecule is [Ca+2].[O+2].[O-]B([O-])[O-].[Y+3]. The topological polar surface area (TPSA) is 97.7 Å². The molecule has 0 aliphatic rings. The number of hydrogen-bond acceptors (Lipinski definition) is 3. The molecule has 4 nitrogen and oxygen atoms in total.